The molecule has 0 saturated heterocycles. The summed E-state index contributed by atoms with van der Waals surface area (Å²) >= 11 is 0. The van der Waals surface area contributed by atoms with Crippen LogP contribution < -0.4 is 0 Å². The van der Waals surface area contributed by atoms with Crippen molar-refractivity contribution in [2.75, 3.05) is 0 Å². The van der Waals surface area contributed by atoms with Crippen LogP contribution in [0.1, 0.15) is 15.9 Å². The van der Waals surface area contributed by atoms with E-state index in [1.807, 2.05) is 97.3 Å². The summed E-state index contributed by atoms with van der Waals surface area (Å²) in [6.45, 7) is 0. The third-order valence-corrected chi connectivity index (χ3v) is 8.33. The molecule has 4 nitrogen and oxygen atoms in total. The Morgan fingerprint density at radius 1 is 0.556 bits per heavy atom. The summed E-state index contributed by atoms with van der Waals surface area (Å²) in [5, 5.41) is 2.11. The number of ketones is 1. The molecule has 1 aliphatic rings. The molecule has 6 aromatic rings. The van der Waals surface area contributed by atoms with E-state index in [2.05, 4.69) is 22.1 Å². The summed E-state index contributed by atoms with van der Waals surface area (Å²) in [6.07, 6.45) is 3.69. The molecule has 0 saturated carbocycles. The topological polar surface area (TPSA) is 66.7 Å². The zero-order chi connectivity index (χ0) is 24.2. The van der Waals surface area contributed by atoms with Gasteiger partial charge in [0.1, 0.15) is 0 Å². The van der Waals surface area contributed by atoms with Crippen molar-refractivity contribution in [1.82, 2.24) is 9.97 Å². The Labute approximate surface area is 210 Å². The number of aromatic nitrogens is 2. The van der Waals surface area contributed by atoms with Crippen LogP contribution in [0.5, 0.6) is 0 Å². The Bertz CT molecular complexity index is 1760. The summed E-state index contributed by atoms with van der Waals surface area (Å²) in [5.41, 5.74) is 6.83. The monoisotopic (exact) mass is 481 g/mol. The van der Waals surface area contributed by atoms with Crippen molar-refractivity contribution in [2.24, 2.45) is 0 Å². The van der Waals surface area contributed by atoms with Crippen LogP contribution in [-0.2, 0) is 10.7 Å². The maximum Gasteiger partial charge on any atom is 0.195 e. The second-order valence-corrected chi connectivity index (χ2v) is 10.4. The quantitative estimate of drug-likeness (QED) is 0.279. The minimum absolute atomic E-state index is 0.0396. The zero-order valence-corrected chi connectivity index (χ0v) is 19.9. The first-order valence-electron chi connectivity index (χ1n) is 11.6. The van der Waals surface area contributed by atoms with E-state index < -0.39 is 10.7 Å². The average molecular weight is 482 g/mol. The van der Waals surface area contributed by atoms with Crippen molar-refractivity contribution >= 4 is 38.3 Å². The summed E-state index contributed by atoms with van der Waals surface area (Å²) in [7, 11) is -0.937. The number of carbonyl (C=O) groups excluding carboxylic acids is 1. The molecular formula is C31H19N3OS. The van der Waals surface area contributed by atoms with Crippen LogP contribution in [0.2, 0.25) is 0 Å². The molecular weight excluding hydrogens is 462 g/mol. The molecule has 4 aromatic carbocycles. The van der Waals surface area contributed by atoms with Crippen molar-refractivity contribution in [3.8, 4) is 22.3 Å². The largest absolute Gasteiger partial charge is 0.289 e. The lowest BCUT2D eigenvalue weighted by Crippen LogP contribution is -2.16. The van der Waals surface area contributed by atoms with Crippen LogP contribution in [0.3, 0.4) is 0 Å². The molecule has 0 radical (unpaired) electrons. The van der Waals surface area contributed by atoms with E-state index in [1.54, 1.807) is 0 Å². The van der Waals surface area contributed by atoms with Gasteiger partial charge in [0.05, 0.1) is 11.0 Å². The smallest absolute Gasteiger partial charge is 0.195 e. The highest BCUT2D eigenvalue weighted by Crippen LogP contribution is 2.37. The van der Waals surface area contributed by atoms with Gasteiger partial charge in [0.2, 0.25) is 0 Å². The molecule has 1 aliphatic heterocycles. The van der Waals surface area contributed by atoms with Crippen molar-refractivity contribution in [1.29, 1.82) is 4.78 Å². The lowest BCUT2D eigenvalue weighted by atomic mass is 9.95. The van der Waals surface area contributed by atoms with Crippen LogP contribution in [0.25, 0.3) is 44.1 Å². The van der Waals surface area contributed by atoms with Crippen LogP contribution in [0.15, 0.2) is 119 Å². The standard InChI is InChI=1S/C31H19N3OS/c32-36-29-11-9-19(23-13-21-5-1-3-7-27(21)33-17-23)15-25(29)31(35)26-16-20(10-12-30(26)36)24-14-22-6-2-4-8-28(22)34-18-24/h1-18,32H. The number of hydrogen-bond acceptors (Lipinski definition) is 4. The van der Waals surface area contributed by atoms with Gasteiger partial charge in [0.15, 0.2) is 5.78 Å². The van der Waals surface area contributed by atoms with Crippen molar-refractivity contribution in [3.63, 3.8) is 0 Å². The highest BCUT2D eigenvalue weighted by atomic mass is 32.2. The number of para-hydroxylation sites is 2. The van der Waals surface area contributed by atoms with Crippen molar-refractivity contribution < 1.29 is 4.79 Å². The molecule has 3 heterocycles. The molecule has 2 aromatic heterocycles. The molecule has 0 atom stereocenters. The minimum Gasteiger partial charge on any atom is -0.289 e. The van der Waals surface area contributed by atoms with Gasteiger partial charge in [0.25, 0.3) is 0 Å². The highest BCUT2D eigenvalue weighted by molar-refractivity contribution is 7.86. The third kappa shape index (κ3) is 3.28. The lowest BCUT2D eigenvalue weighted by Gasteiger charge is -2.22. The van der Waals surface area contributed by atoms with Crippen molar-refractivity contribution in [2.45, 2.75) is 9.79 Å². The maximum absolute atomic E-state index is 13.7. The van der Waals surface area contributed by atoms with Gasteiger partial charge in [-0.1, -0.05) is 48.5 Å². The van der Waals surface area contributed by atoms with Gasteiger partial charge in [-0.15, -0.1) is 0 Å². The number of pyridine rings is 2. The SMILES string of the molecule is N=S1c2ccc(-c3cnc4ccccc4c3)cc2C(=O)c2cc(-c3cnc4ccccc4c3)ccc21. The van der Waals surface area contributed by atoms with Crippen LogP contribution in [0, 0.1) is 4.78 Å². The second kappa shape index (κ2) is 8.04. The van der Waals surface area contributed by atoms with Crippen LogP contribution >= 0.6 is 0 Å². The average Bonchev–Trinajstić information content (AvgIpc) is 2.95. The van der Waals surface area contributed by atoms with Crippen molar-refractivity contribution in [3.05, 3.63) is 121 Å². The predicted molar refractivity (Wildman–Crippen MR) is 144 cm³/mol. The number of carbonyl (C=O) groups is 1. The molecule has 36 heavy (non-hydrogen) atoms. The normalized spacial score (nSPS) is 13.1. The molecule has 0 amide bonds. The van der Waals surface area contributed by atoms with Crippen LogP contribution in [0.4, 0.5) is 0 Å². The highest BCUT2D eigenvalue weighted by Gasteiger charge is 2.27. The molecule has 170 valence electrons. The van der Waals surface area contributed by atoms with E-state index in [0.717, 1.165) is 53.9 Å². The molecule has 0 spiro atoms. The fourth-order valence-corrected chi connectivity index (χ4v) is 6.24. The minimum atomic E-state index is -0.937. The molecule has 0 fully saturated rings. The van der Waals surface area contributed by atoms with E-state index in [0.29, 0.717) is 11.1 Å². The fourth-order valence-electron chi connectivity index (χ4n) is 4.85. The Morgan fingerprint density at radius 3 is 1.53 bits per heavy atom. The van der Waals surface area contributed by atoms with E-state index in [-0.39, 0.29) is 5.78 Å². The zero-order valence-electron chi connectivity index (χ0n) is 19.1. The number of nitrogens with one attached hydrogen (secondary N) is 1. The molecule has 7 rings (SSSR count). The summed E-state index contributed by atoms with van der Waals surface area (Å²) in [6, 6.07) is 31.9. The van der Waals surface area contributed by atoms with Gasteiger partial charge in [-0.05, 0) is 70.3 Å². The first-order chi connectivity index (χ1) is 17.7. The molecule has 0 aliphatic carbocycles. The number of fused-ring (bicyclic) bond motifs is 4. The maximum atomic E-state index is 13.7. The van der Waals surface area contributed by atoms with Gasteiger partial charge in [0, 0.05) is 55.2 Å². The second-order valence-electron chi connectivity index (χ2n) is 8.89. The van der Waals surface area contributed by atoms with Crippen LogP contribution in [-0.4, -0.2) is 15.8 Å². The first-order valence-corrected chi connectivity index (χ1v) is 12.9. The van der Waals surface area contributed by atoms with Gasteiger partial charge in [-0.25, -0.2) is 0 Å². The number of rotatable bonds is 2. The Balaban J connectivity index is 1.32. The third-order valence-electron chi connectivity index (χ3n) is 6.74. The molecule has 5 heteroatoms. The predicted octanol–water partition coefficient (Wildman–Crippen LogP) is 7.46. The Kier molecular flexibility index (Phi) is 4.66. The molecule has 0 bridgehead atoms. The summed E-state index contributed by atoms with van der Waals surface area (Å²) in [5.74, 6) is -0.0396. The Hall–Kier alpha value is -4.48. The molecule has 0 unspecified atom stereocenters. The number of hydrogen-bond donors (Lipinski definition) is 1. The summed E-state index contributed by atoms with van der Waals surface area (Å²) in [4.78, 5) is 24.4. The summed E-state index contributed by atoms with van der Waals surface area (Å²) < 4.78 is 8.94. The number of nitrogens with zero attached hydrogens (tertiary/aromatic N) is 2. The van der Waals surface area contributed by atoms with E-state index >= 15 is 0 Å². The first kappa shape index (κ1) is 20.9. The van der Waals surface area contributed by atoms with E-state index in [1.165, 1.54) is 0 Å². The molecule has 1 N–H and O–H groups in total. The van der Waals surface area contributed by atoms with Gasteiger partial charge in [-0.3, -0.25) is 19.5 Å². The number of benzene rings is 4. The van der Waals surface area contributed by atoms with Gasteiger partial charge < -0.3 is 0 Å². The van der Waals surface area contributed by atoms with Gasteiger partial charge in [-0.2, -0.15) is 0 Å². The van der Waals surface area contributed by atoms with Gasteiger partial charge >= 0.3 is 0 Å². The Morgan fingerprint density at radius 2 is 1.03 bits per heavy atom. The van der Waals surface area contributed by atoms with E-state index in [4.69, 9.17) is 4.78 Å². The fraction of sp³-hybridized carbons (Fsp3) is 0. The lowest BCUT2D eigenvalue weighted by molar-refractivity contribution is 0.103. The van der Waals surface area contributed by atoms with E-state index in [9.17, 15) is 4.79 Å².